The van der Waals surface area contributed by atoms with Crippen LogP contribution in [0.1, 0.15) is 31.9 Å². The highest BCUT2D eigenvalue weighted by atomic mass is 16.1. The van der Waals surface area contributed by atoms with Gasteiger partial charge in [0, 0.05) is 12.6 Å². The predicted octanol–water partition coefficient (Wildman–Crippen LogP) is 1.86. The summed E-state index contributed by atoms with van der Waals surface area (Å²) in [5.74, 6) is 0.0527. The van der Waals surface area contributed by atoms with Crippen molar-refractivity contribution in [2.75, 3.05) is 13.1 Å². The fourth-order valence-electron chi connectivity index (χ4n) is 1.66. The second kappa shape index (κ2) is 7.01. The Morgan fingerprint density at radius 2 is 1.94 bits per heavy atom. The molecule has 1 amide bonds. The van der Waals surface area contributed by atoms with Gasteiger partial charge < -0.3 is 10.6 Å². The van der Waals surface area contributed by atoms with E-state index in [-0.39, 0.29) is 11.9 Å². The maximum Gasteiger partial charge on any atom is 0.233 e. The molecule has 3 heteroatoms. The summed E-state index contributed by atoms with van der Waals surface area (Å²) < 4.78 is 0. The maximum atomic E-state index is 11.3. The molecule has 1 aromatic rings. The Labute approximate surface area is 97.2 Å². The molecule has 0 aliphatic rings. The second-order valence-electron chi connectivity index (χ2n) is 3.71. The van der Waals surface area contributed by atoms with Crippen molar-refractivity contribution >= 4 is 5.91 Å². The Bertz CT molecular complexity index is 311. The monoisotopic (exact) mass is 220 g/mol. The fourth-order valence-corrected chi connectivity index (χ4v) is 1.66. The summed E-state index contributed by atoms with van der Waals surface area (Å²) in [6.07, 6.45) is 0.976. The normalized spacial score (nSPS) is 12.1. The van der Waals surface area contributed by atoms with Crippen molar-refractivity contribution in [1.82, 2.24) is 10.6 Å². The van der Waals surface area contributed by atoms with E-state index >= 15 is 0 Å². The van der Waals surface area contributed by atoms with Gasteiger partial charge in [0.05, 0.1) is 6.54 Å². The third-order valence-corrected chi connectivity index (χ3v) is 2.49. The van der Waals surface area contributed by atoms with E-state index in [0.29, 0.717) is 13.1 Å². The quantitative estimate of drug-likeness (QED) is 0.768. The molecule has 0 bridgehead atoms. The molecule has 1 atom stereocenters. The van der Waals surface area contributed by atoms with Crippen molar-refractivity contribution in [3.8, 4) is 0 Å². The molecule has 0 spiro atoms. The third kappa shape index (κ3) is 4.03. The Hall–Kier alpha value is -1.35. The van der Waals surface area contributed by atoms with Gasteiger partial charge in [-0.15, -0.1) is 0 Å². The molecular formula is C13H20N2O. The van der Waals surface area contributed by atoms with Gasteiger partial charge >= 0.3 is 0 Å². The van der Waals surface area contributed by atoms with Crippen LogP contribution in [0.2, 0.25) is 0 Å². The molecule has 16 heavy (non-hydrogen) atoms. The molecule has 3 nitrogen and oxygen atoms in total. The van der Waals surface area contributed by atoms with Gasteiger partial charge in [-0.1, -0.05) is 37.3 Å². The van der Waals surface area contributed by atoms with Crippen molar-refractivity contribution in [1.29, 1.82) is 0 Å². The van der Waals surface area contributed by atoms with Gasteiger partial charge in [-0.05, 0) is 18.9 Å². The highest BCUT2D eigenvalue weighted by Gasteiger charge is 2.09. The first-order valence-corrected chi connectivity index (χ1v) is 5.83. The number of hydrogen-bond acceptors (Lipinski definition) is 2. The van der Waals surface area contributed by atoms with E-state index in [1.54, 1.807) is 0 Å². The standard InChI is InChI=1S/C13H20N2O/c1-3-12(11-8-6-5-7-9-11)15-10-13(16)14-4-2/h5-9,12,15H,3-4,10H2,1-2H3,(H,14,16). The Morgan fingerprint density at radius 3 is 2.50 bits per heavy atom. The topological polar surface area (TPSA) is 41.1 Å². The lowest BCUT2D eigenvalue weighted by Gasteiger charge is -2.16. The first-order chi connectivity index (χ1) is 7.77. The molecule has 88 valence electrons. The highest BCUT2D eigenvalue weighted by Crippen LogP contribution is 2.15. The van der Waals surface area contributed by atoms with E-state index in [1.807, 2.05) is 25.1 Å². The largest absolute Gasteiger partial charge is 0.355 e. The third-order valence-electron chi connectivity index (χ3n) is 2.49. The zero-order valence-corrected chi connectivity index (χ0v) is 9.99. The lowest BCUT2D eigenvalue weighted by atomic mass is 10.0. The number of amides is 1. The molecule has 0 heterocycles. The molecule has 0 aromatic heterocycles. The maximum absolute atomic E-state index is 11.3. The molecule has 0 saturated heterocycles. The van der Waals surface area contributed by atoms with E-state index in [0.717, 1.165) is 6.42 Å². The lowest BCUT2D eigenvalue weighted by Crippen LogP contribution is -2.35. The van der Waals surface area contributed by atoms with Crippen LogP contribution in [0.3, 0.4) is 0 Å². The average molecular weight is 220 g/mol. The van der Waals surface area contributed by atoms with Crippen LogP contribution in [0.4, 0.5) is 0 Å². The van der Waals surface area contributed by atoms with Gasteiger partial charge in [0.2, 0.25) is 5.91 Å². The van der Waals surface area contributed by atoms with E-state index < -0.39 is 0 Å². The van der Waals surface area contributed by atoms with E-state index in [9.17, 15) is 4.79 Å². The van der Waals surface area contributed by atoms with Crippen LogP contribution in [0.5, 0.6) is 0 Å². The first-order valence-electron chi connectivity index (χ1n) is 5.83. The van der Waals surface area contributed by atoms with Gasteiger partial charge in [0.25, 0.3) is 0 Å². The number of rotatable bonds is 6. The smallest absolute Gasteiger partial charge is 0.233 e. The summed E-state index contributed by atoms with van der Waals surface area (Å²) in [4.78, 5) is 11.3. The van der Waals surface area contributed by atoms with Crippen LogP contribution in [-0.2, 0) is 4.79 Å². The van der Waals surface area contributed by atoms with Gasteiger partial charge in [-0.25, -0.2) is 0 Å². The summed E-state index contributed by atoms with van der Waals surface area (Å²) in [6, 6.07) is 10.5. The van der Waals surface area contributed by atoms with Crippen molar-refractivity contribution in [3.05, 3.63) is 35.9 Å². The molecule has 0 fully saturated rings. The van der Waals surface area contributed by atoms with Crippen LogP contribution < -0.4 is 10.6 Å². The zero-order chi connectivity index (χ0) is 11.8. The minimum atomic E-state index is 0.0527. The van der Waals surface area contributed by atoms with Crippen molar-refractivity contribution in [3.63, 3.8) is 0 Å². The lowest BCUT2D eigenvalue weighted by molar-refractivity contribution is -0.120. The molecule has 0 saturated carbocycles. The molecular weight excluding hydrogens is 200 g/mol. The van der Waals surface area contributed by atoms with Crippen LogP contribution in [-0.4, -0.2) is 19.0 Å². The summed E-state index contributed by atoms with van der Waals surface area (Å²) in [5, 5.41) is 6.03. The van der Waals surface area contributed by atoms with Crippen LogP contribution in [0, 0.1) is 0 Å². The molecule has 1 rings (SSSR count). The summed E-state index contributed by atoms with van der Waals surface area (Å²) in [5.41, 5.74) is 1.23. The number of carbonyl (C=O) groups excluding carboxylic acids is 1. The number of benzene rings is 1. The van der Waals surface area contributed by atoms with E-state index in [2.05, 4.69) is 29.7 Å². The Morgan fingerprint density at radius 1 is 1.25 bits per heavy atom. The van der Waals surface area contributed by atoms with Gasteiger partial charge in [-0.2, -0.15) is 0 Å². The van der Waals surface area contributed by atoms with Gasteiger partial charge in [-0.3, -0.25) is 4.79 Å². The van der Waals surface area contributed by atoms with Crippen LogP contribution >= 0.6 is 0 Å². The number of carbonyl (C=O) groups is 1. The summed E-state index contributed by atoms with van der Waals surface area (Å²) in [7, 11) is 0. The average Bonchev–Trinajstić information content (AvgIpc) is 2.31. The number of likely N-dealkylation sites (N-methyl/N-ethyl adjacent to an activating group) is 1. The molecule has 1 aromatic carbocycles. The molecule has 0 radical (unpaired) electrons. The Kier molecular flexibility index (Phi) is 5.57. The molecule has 0 aliphatic carbocycles. The van der Waals surface area contributed by atoms with Gasteiger partial charge in [0.1, 0.15) is 0 Å². The fraction of sp³-hybridized carbons (Fsp3) is 0.462. The zero-order valence-electron chi connectivity index (χ0n) is 9.99. The Balaban J connectivity index is 2.47. The molecule has 2 N–H and O–H groups in total. The van der Waals surface area contributed by atoms with Crippen molar-refractivity contribution < 1.29 is 4.79 Å². The summed E-state index contributed by atoms with van der Waals surface area (Å²) >= 11 is 0. The first kappa shape index (κ1) is 12.7. The van der Waals surface area contributed by atoms with Crippen molar-refractivity contribution in [2.24, 2.45) is 0 Å². The SMILES string of the molecule is CCNC(=O)CNC(CC)c1ccccc1. The van der Waals surface area contributed by atoms with E-state index in [4.69, 9.17) is 0 Å². The minimum absolute atomic E-state index is 0.0527. The van der Waals surface area contributed by atoms with E-state index in [1.165, 1.54) is 5.56 Å². The van der Waals surface area contributed by atoms with Crippen LogP contribution in [0.15, 0.2) is 30.3 Å². The van der Waals surface area contributed by atoms with Crippen LogP contribution in [0.25, 0.3) is 0 Å². The molecule has 0 aliphatic heterocycles. The minimum Gasteiger partial charge on any atom is -0.355 e. The molecule has 1 unspecified atom stereocenters. The highest BCUT2D eigenvalue weighted by molar-refractivity contribution is 5.77. The number of hydrogen-bond donors (Lipinski definition) is 2. The predicted molar refractivity (Wildman–Crippen MR) is 66.2 cm³/mol. The van der Waals surface area contributed by atoms with Gasteiger partial charge in [0.15, 0.2) is 0 Å². The summed E-state index contributed by atoms with van der Waals surface area (Å²) in [6.45, 7) is 5.10. The van der Waals surface area contributed by atoms with Crippen molar-refractivity contribution in [2.45, 2.75) is 26.3 Å². The second-order valence-corrected chi connectivity index (χ2v) is 3.71. The number of nitrogens with one attached hydrogen (secondary N) is 2.